The molecule has 1 aromatic heterocycles. The molecule has 2 atom stereocenters. The molecule has 7 N–H and O–H groups in total. The Bertz CT molecular complexity index is 1650. The van der Waals surface area contributed by atoms with Gasteiger partial charge in [0, 0.05) is 38.0 Å². The Labute approximate surface area is 348 Å². The van der Waals surface area contributed by atoms with Crippen molar-refractivity contribution >= 4 is 29.4 Å². The lowest BCUT2D eigenvalue weighted by Gasteiger charge is -2.15. The fourth-order valence-corrected chi connectivity index (χ4v) is 6.97. The van der Waals surface area contributed by atoms with Crippen molar-refractivity contribution in [3.8, 4) is 28.3 Å². The van der Waals surface area contributed by atoms with Gasteiger partial charge in [0.25, 0.3) is 0 Å². The molecule has 1 unspecified atom stereocenters. The summed E-state index contributed by atoms with van der Waals surface area (Å²) < 4.78 is 5.96. The van der Waals surface area contributed by atoms with Crippen LogP contribution in [0.4, 0.5) is 0 Å². The minimum Gasteiger partial charge on any atom is -0.494 e. The quantitative estimate of drug-likeness (QED) is 0.0199. The normalized spacial score (nSPS) is 12.2. The first-order valence-corrected chi connectivity index (χ1v) is 21.4. The molecule has 0 aliphatic rings. The van der Waals surface area contributed by atoms with Crippen molar-refractivity contribution in [2.45, 2.75) is 141 Å². The van der Waals surface area contributed by atoms with E-state index < -0.39 is 36.1 Å². The van der Waals surface area contributed by atoms with E-state index in [2.05, 4.69) is 43.4 Å². The minimum absolute atomic E-state index is 0.00887. The number of carboxylic acids is 2. The summed E-state index contributed by atoms with van der Waals surface area (Å²) in [6, 6.07) is 15.6. The van der Waals surface area contributed by atoms with Gasteiger partial charge in [-0.05, 0) is 67.0 Å². The van der Waals surface area contributed by atoms with Crippen LogP contribution in [0.25, 0.3) is 22.5 Å². The zero-order valence-electron chi connectivity index (χ0n) is 34.5. The highest BCUT2D eigenvalue weighted by molar-refractivity contribution is 5.97. The third-order valence-corrected chi connectivity index (χ3v) is 10.4. The molecule has 0 spiro atoms. The molecule has 0 aliphatic carbocycles. The van der Waals surface area contributed by atoms with Crippen LogP contribution in [0.3, 0.4) is 0 Å². The van der Waals surface area contributed by atoms with E-state index >= 15 is 0 Å². The number of aromatic amines is 1. The average Bonchev–Trinajstić information content (AvgIpc) is 3.77. The van der Waals surface area contributed by atoms with Crippen LogP contribution in [-0.4, -0.2) is 86.1 Å². The smallest absolute Gasteiger partial charge is 0.310 e. The van der Waals surface area contributed by atoms with E-state index in [0.717, 1.165) is 61.2 Å². The molecule has 59 heavy (non-hydrogen) atoms. The van der Waals surface area contributed by atoms with Crippen LogP contribution in [0.15, 0.2) is 48.5 Å². The number of aliphatic carboxylic acids is 2. The number of ether oxygens (including phenoxy) is 1. The van der Waals surface area contributed by atoms with Crippen molar-refractivity contribution in [2.75, 3.05) is 19.8 Å². The summed E-state index contributed by atoms with van der Waals surface area (Å²) in [6.45, 7) is 1.12. The van der Waals surface area contributed by atoms with E-state index in [0.29, 0.717) is 38.1 Å². The number of carboxylic acid groups (broad SMARTS) is 2. The lowest BCUT2D eigenvalue weighted by atomic mass is 9.94. The van der Waals surface area contributed by atoms with E-state index in [1.165, 1.54) is 51.4 Å². The van der Waals surface area contributed by atoms with Crippen molar-refractivity contribution in [1.29, 1.82) is 0 Å². The molecule has 0 fully saturated rings. The maximum absolute atomic E-state index is 12.5. The van der Waals surface area contributed by atoms with Crippen LogP contribution >= 0.6 is 0 Å². The zero-order chi connectivity index (χ0) is 42.5. The van der Waals surface area contributed by atoms with Gasteiger partial charge >= 0.3 is 11.9 Å². The molecule has 15 heteroatoms. The number of nitrogens with two attached hydrogens (primary N) is 1. The topological polar surface area (TPSA) is 240 Å². The third kappa shape index (κ3) is 21.0. The van der Waals surface area contributed by atoms with Gasteiger partial charge in [-0.3, -0.25) is 29.3 Å². The number of hydrogen-bond donors (Lipinski definition) is 6. The number of nitrogens with zero attached hydrogens (tertiary/aromatic N) is 3. The molecule has 0 bridgehead atoms. The predicted molar refractivity (Wildman–Crippen MR) is 225 cm³/mol. The van der Waals surface area contributed by atoms with E-state index in [4.69, 9.17) is 15.6 Å². The highest BCUT2D eigenvalue weighted by Gasteiger charge is 2.22. The van der Waals surface area contributed by atoms with Crippen LogP contribution < -0.4 is 21.1 Å². The van der Waals surface area contributed by atoms with Crippen LogP contribution in [-0.2, 0) is 24.0 Å². The Morgan fingerprint density at radius 3 is 1.83 bits per heavy atom. The van der Waals surface area contributed by atoms with Crippen molar-refractivity contribution in [3.05, 3.63) is 48.5 Å². The highest BCUT2D eigenvalue weighted by atomic mass is 16.5. The first-order chi connectivity index (χ1) is 28.7. The number of rotatable bonds is 35. The Morgan fingerprint density at radius 2 is 1.27 bits per heavy atom. The van der Waals surface area contributed by atoms with Gasteiger partial charge in [0.15, 0.2) is 5.78 Å². The number of amides is 1. The number of benzene rings is 2. The number of carbonyl (C=O) groups excluding carboxylic acids is 3. The van der Waals surface area contributed by atoms with Gasteiger partial charge in [0.1, 0.15) is 18.0 Å². The van der Waals surface area contributed by atoms with Crippen LogP contribution in [0.1, 0.15) is 135 Å². The van der Waals surface area contributed by atoms with Crippen LogP contribution in [0.5, 0.6) is 5.75 Å². The molecule has 0 radical (unpaired) electrons. The second kappa shape index (κ2) is 29.2. The van der Waals surface area contributed by atoms with Crippen molar-refractivity contribution < 1.29 is 38.9 Å². The van der Waals surface area contributed by atoms with E-state index in [-0.39, 0.29) is 37.6 Å². The summed E-state index contributed by atoms with van der Waals surface area (Å²) in [5.41, 5.74) is 8.60. The van der Waals surface area contributed by atoms with E-state index in [1.54, 1.807) is 0 Å². The van der Waals surface area contributed by atoms with Gasteiger partial charge in [-0.15, -0.1) is 10.2 Å². The number of unbranched alkanes of at least 4 members (excludes halogenated alkanes) is 13. The average molecular weight is 820 g/mol. The summed E-state index contributed by atoms with van der Waals surface area (Å²) >= 11 is 0. The maximum Gasteiger partial charge on any atom is 0.310 e. The molecular weight excluding hydrogens is 755 g/mol. The molecule has 0 saturated carbocycles. The maximum atomic E-state index is 12.5. The number of nitrogens with one attached hydrogen (secondary N) is 3. The molecule has 1 heterocycles. The number of aromatic nitrogens is 4. The number of hydrogen-bond acceptors (Lipinski definition) is 11. The first-order valence-electron chi connectivity index (χ1n) is 21.4. The largest absolute Gasteiger partial charge is 0.494 e. The Balaban J connectivity index is 1.09. The van der Waals surface area contributed by atoms with Gasteiger partial charge in [-0.25, -0.2) is 0 Å². The molecule has 2 aromatic carbocycles. The summed E-state index contributed by atoms with van der Waals surface area (Å²) in [5.74, 6) is -2.49. The van der Waals surface area contributed by atoms with E-state index in [9.17, 15) is 29.1 Å². The summed E-state index contributed by atoms with van der Waals surface area (Å²) in [6.07, 6.45) is 16.2. The fourth-order valence-electron chi connectivity index (χ4n) is 6.97. The summed E-state index contributed by atoms with van der Waals surface area (Å²) in [4.78, 5) is 59.3. The Kier molecular flexibility index (Phi) is 24.0. The second-order valence-corrected chi connectivity index (χ2v) is 15.2. The zero-order valence-corrected chi connectivity index (χ0v) is 34.5. The van der Waals surface area contributed by atoms with Gasteiger partial charge in [-0.2, -0.15) is 5.21 Å². The van der Waals surface area contributed by atoms with Gasteiger partial charge in [-0.1, -0.05) is 107 Å². The molecule has 324 valence electrons. The first kappa shape index (κ1) is 48.3. The van der Waals surface area contributed by atoms with Crippen LogP contribution in [0, 0.1) is 5.92 Å². The highest BCUT2D eigenvalue weighted by Crippen LogP contribution is 2.25. The van der Waals surface area contributed by atoms with Gasteiger partial charge in [0.05, 0.1) is 18.6 Å². The molecule has 3 aromatic rings. The van der Waals surface area contributed by atoms with Crippen molar-refractivity contribution in [1.82, 2.24) is 31.3 Å². The predicted octanol–water partition coefficient (Wildman–Crippen LogP) is 7.02. The number of H-pyrrole nitrogens is 1. The monoisotopic (exact) mass is 819 g/mol. The summed E-state index contributed by atoms with van der Waals surface area (Å²) in [7, 11) is 0. The number of Topliss-reactive ketones (excluding diaryl/α,β-unsaturated/α-hetero) is 2. The lowest BCUT2D eigenvalue weighted by Crippen LogP contribution is -2.40. The minimum atomic E-state index is -1.19. The second-order valence-electron chi connectivity index (χ2n) is 15.2. The number of ketones is 2. The number of tetrazole rings is 1. The molecular formula is C44H65N7O8. The van der Waals surface area contributed by atoms with Crippen LogP contribution in [0.2, 0.25) is 0 Å². The lowest BCUT2D eigenvalue weighted by molar-refractivity contribution is -0.144. The number of carbonyl (C=O) groups is 5. The van der Waals surface area contributed by atoms with Crippen molar-refractivity contribution in [2.24, 2.45) is 11.7 Å². The molecule has 1 amide bonds. The molecule has 0 saturated heterocycles. The van der Waals surface area contributed by atoms with Gasteiger partial charge in [0.2, 0.25) is 11.7 Å². The fraction of sp³-hybridized carbons (Fsp3) is 0.591. The summed E-state index contributed by atoms with van der Waals surface area (Å²) in [5, 5.41) is 38.1. The van der Waals surface area contributed by atoms with E-state index in [1.807, 2.05) is 36.4 Å². The standard InChI is InChI=1S/C44H65N7O8/c45-32-47-39(40(53)31-42(55)56)17-13-14-28-46-41(54)27-24-36(44(57)58)30-37(52)16-12-10-8-6-4-2-1-3-5-7-9-11-15-29-59-38-25-22-34(23-26-38)33-18-20-35(21-19-33)43-48-50-51-49-43/h18-23,25-26,36,39,47H,1-17,24,27-32,45H2,(H,46,54)(H,55,56)(H,57,58)(H,48,49,50,51)/t36?,39-/m0/s1. The van der Waals surface area contributed by atoms with Crippen molar-refractivity contribution in [3.63, 3.8) is 0 Å². The van der Waals surface area contributed by atoms with Gasteiger partial charge < -0.3 is 26.0 Å². The third-order valence-electron chi connectivity index (χ3n) is 10.4. The molecule has 0 aliphatic heterocycles. The molecule has 3 rings (SSSR count). The Morgan fingerprint density at radius 1 is 0.695 bits per heavy atom. The Hall–Kier alpha value is -5.02. The molecule has 15 nitrogen and oxygen atoms in total. The SMILES string of the molecule is NCN[C@@H](CCCCNC(=O)CCC(CC(=O)CCCCCCCCCCCCCCCOc1ccc(-c2ccc(-c3nn[nH]n3)cc2)cc1)C(=O)O)C(=O)CC(=O)O.